The third-order valence-electron chi connectivity index (χ3n) is 4.34. The number of nitrogens with zero attached hydrogens (tertiary/aromatic N) is 5. The number of nitro groups is 1. The Hall–Kier alpha value is -3.76. The molecular formula is C19H15F4N5O2. The van der Waals surface area contributed by atoms with Crippen LogP contribution in [0.15, 0.2) is 54.7 Å². The van der Waals surface area contributed by atoms with Crippen molar-refractivity contribution in [1.29, 1.82) is 0 Å². The maximum Gasteiger partial charge on any atom is 0.421 e. The van der Waals surface area contributed by atoms with Gasteiger partial charge in [0.15, 0.2) is 5.82 Å². The van der Waals surface area contributed by atoms with Crippen LogP contribution in [-0.4, -0.2) is 29.0 Å². The molecule has 0 saturated carbocycles. The minimum absolute atomic E-state index is 0.0432. The molecule has 0 N–H and O–H groups in total. The van der Waals surface area contributed by atoms with E-state index in [1.165, 1.54) is 67.5 Å². The smallest absolute Gasteiger partial charge is 0.329 e. The zero-order chi connectivity index (χ0) is 22.1. The molecule has 1 heterocycles. The van der Waals surface area contributed by atoms with Crippen LogP contribution in [0.1, 0.15) is 5.56 Å². The summed E-state index contributed by atoms with van der Waals surface area (Å²) < 4.78 is 53.8. The lowest BCUT2D eigenvalue weighted by Crippen LogP contribution is -2.21. The Bertz CT molecular complexity index is 1060. The molecule has 11 heteroatoms. The van der Waals surface area contributed by atoms with Crippen molar-refractivity contribution < 1.29 is 22.5 Å². The molecule has 156 valence electrons. The summed E-state index contributed by atoms with van der Waals surface area (Å²) >= 11 is 0. The standard InChI is InChI=1S/C19H15F4N5O2/c1-26(13-7-9-15(10-8-13)28(29)30)17-16(19(21,22)23)11-24-18(25-17)27(2)14-5-3-12(20)4-6-14/h3-11H,1-2H3. The van der Waals surface area contributed by atoms with Gasteiger partial charge in [-0.25, -0.2) is 9.37 Å². The Morgan fingerprint density at radius 1 is 0.933 bits per heavy atom. The van der Waals surface area contributed by atoms with Gasteiger partial charge in [-0.05, 0) is 36.4 Å². The first-order valence-electron chi connectivity index (χ1n) is 8.49. The molecule has 2 aromatic carbocycles. The second-order valence-electron chi connectivity index (χ2n) is 6.27. The van der Waals surface area contributed by atoms with Gasteiger partial charge in [0, 0.05) is 43.8 Å². The second kappa shape index (κ2) is 7.93. The number of anilines is 4. The van der Waals surface area contributed by atoms with E-state index in [4.69, 9.17) is 0 Å². The van der Waals surface area contributed by atoms with E-state index in [2.05, 4.69) is 9.97 Å². The van der Waals surface area contributed by atoms with Crippen molar-refractivity contribution in [2.45, 2.75) is 6.18 Å². The molecule has 3 rings (SSSR count). The first-order chi connectivity index (χ1) is 14.1. The minimum Gasteiger partial charge on any atom is -0.329 e. The lowest BCUT2D eigenvalue weighted by molar-refractivity contribution is -0.384. The predicted octanol–water partition coefficient (Wildman–Crippen LogP) is 5.08. The summed E-state index contributed by atoms with van der Waals surface area (Å²) in [5.74, 6) is -0.937. The van der Waals surface area contributed by atoms with Gasteiger partial charge in [0.2, 0.25) is 5.95 Å². The number of alkyl halides is 3. The number of non-ortho nitro benzene ring substituents is 1. The third kappa shape index (κ3) is 4.29. The normalized spacial score (nSPS) is 11.3. The van der Waals surface area contributed by atoms with Gasteiger partial charge < -0.3 is 9.80 Å². The van der Waals surface area contributed by atoms with E-state index in [9.17, 15) is 27.7 Å². The molecule has 1 aromatic heterocycles. The summed E-state index contributed by atoms with van der Waals surface area (Å²) in [6.45, 7) is 0. The van der Waals surface area contributed by atoms with E-state index in [1.54, 1.807) is 0 Å². The summed E-state index contributed by atoms with van der Waals surface area (Å²) in [6.07, 6.45) is -4.06. The fourth-order valence-corrected chi connectivity index (χ4v) is 2.68. The summed E-state index contributed by atoms with van der Waals surface area (Å²) in [5.41, 5.74) is -0.525. The zero-order valence-electron chi connectivity index (χ0n) is 15.8. The SMILES string of the molecule is CN(c1ccc(F)cc1)c1ncc(C(F)(F)F)c(N(C)c2ccc([N+](=O)[O-])cc2)n1. The number of nitro benzene ring substituents is 1. The summed E-state index contributed by atoms with van der Waals surface area (Å²) in [4.78, 5) is 20.6. The monoisotopic (exact) mass is 421 g/mol. The molecule has 0 atom stereocenters. The van der Waals surface area contributed by atoms with Gasteiger partial charge >= 0.3 is 6.18 Å². The first-order valence-corrected chi connectivity index (χ1v) is 8.49. The van der Waals surface area contributed by atoms with Gasteiger partial charge in [-0.1, -0.05) is 0 Å². The Balaban J connectivity index is 2.05. The van der Waals surface area contributed by atoms with E-state index in [1.807, 2.05) is 0 Å². The summed E-state index contributed by atoms with van der Waals surface area (Å²) in [6, 6.07) is 10.3. The van der Waals surface area contributed by atoms with Gasteiger partial charge in [-0.3, -0.25) is 10.1 Å². The van der Waals surface area contributed by atoms with E-state index >= 15 is 0 Å². The van der Waals surface area contributed by atoms with Crippen LogP contribution >= 0.6 is 0 Å². The number of aromatic nitrogens is 2. The van der Waals surface area contributed by atoms with Crippen molar-refractivity contribution in [2.24, 2.45) is 0 Å². The predicted molar refractivity (Wildman–Crippen MR) is 103 cm³/mol. The molecule has 3 aromatic rings. The Labute approximate surface area is 168 Å². The van der Waals surface area contributed by atoms with Crippen LogP contribution in [0, 0.1) is 15.9 Å². The molecule has 7 nitrogen and oxygen atoms in total. The van der Waals surface area contributed by atoms with Crippen molar-refractivity contribution in [2.75, 3.05) is 23.9 Å². The highest BCUT2D eigenvalue weighted by Crippen LogP contribution is 2.38. The van der Waals surface area contributed by atoms with Gasteiger partial charge in [0.25, 0.3) is 5.69 Å². The quantitative estimate of drug-likeness (QED) is 0.325. The van der Waals surface area contributed by atoms with Gasteiger partial charge in [-0.15, -0.1) is 0 Å². The highest BCUT2D eigenvalue weighted by molar-refractivity contribution is 5.66. The topological polar surface area (TPSA) is 75.4 Å². The van der Waals surface area contributed by atoms with Gasteiger partial charge in [0.1, 0.15) is 11.4 Å². The lowest BCUT2D eigenvalue weighted by atomic mass is 10.2. The van der Waals surface area contributed by atoms with Crippen LogP contribution in [0.3, 0.4) is 0 Å². The number of hydrogen-bond donors (Lipinski definition) is 0. The largest absolute Gasteiger partial charge is 0.421 e. The minimum atomic E-state index is -4.72. The molecule has 0 radical (unpaired) electrons. The molecule has 0 aliphatic heterocycles. The maximum atomic E-state index is 13.5. The van der Waals surface area contributed by atoms with E-state index in [0.717, 1.165) is 4.90 Å². The van der Waals surface area contributed by atoms with Crippen LogP contribution in [-0.2, 0) is 6.18 Å². The highest BCUT2D eigenvalue weighted by Gasteiger charge is 2.37. The van der Waals surface area contributed by atoms with Crippen molar-refractivity contribution in [1.82, 2.24) is 9.97 Å². The second-order valence-corrected chi connectivity index (χ2v) is 6.27. The third-order valence-corrected chi connectivity index (χ3v) is 4.34. The van der Waals surface area contributed by atoms with Crippen molar-refractivity contribution >= 4 is 28.8 Å². The molecule has 30 heavy (non-hydrogen) atoms. The number of rotatable bonds is 5. The molecule has 0 unspecified atom stereocenters. The van der Waals surface area contributed by atoms with E-state index in [-0.39, 0.29) is 17.3 Å². The van der Waals surface area contributed by atoms with E-state index < -0.39 is 28.3 Å². The lowest BCUT2D eigenvalue weighted by Gasteiger charge is -2.24. The zero-order valence-corrected chi connectivity index (χ0v) is 15.8. The number of halogens is 4. The van der Waals surface area contributed by atoms with E-state index in [0.29, 0.717) is 11.9 Å². The van der Waals surface area contributed by atoms with Gasteiger partial charge in [0.05, 0.1) is 4.92 Å². The molecule has 0 bridgehead atoms. The van der Waals surface area contributed by atoms with Gasteiger partial charge in [-0.2, -0.15) is 18.2 Å². The molecule has 0 aliphatic rings. The molecule has 0 amide bonds. The molecule has 0 spiro atoms. The summed E-state index contributed by atoms with van der Waals surface area (Å²) in [5, 5.41) is 10.8. The Kier molecular flexibility index (Phi) is 5.54. The van der Waals surface area contributed by atoms with Crippen molar-refractivity contribution in [3.05, 3.63) is 76.2 Å². The Morgan fingerprint density at radius 2 is 1.47 bits per heavy atom. The van der Waals surface area contributed by atoms with Crippen LogP contribution in [0.2, 0.25) is 0 Å². The highest BCUT2D eigenvalue weighted by atomic mass is 19.4. The Morgan fingerprint density at radius 3 is 2.00 bits per heavy atom. The van der Waals surface area contributed by atoms with Crippen LogP contribution in [0.4, 0.5) is 46.4 Å². The average Bonchev–Trinajstić information content (AvgIpc) is 2.72. The number of hydrogen-bond acceptors (Lipinski definition) is 6. The maximum absolute atomic E-state index is 13.5. The fraction of sp³-hybridized carbons (Fsp3) is 0.158. The van der Waals surface area contributed by atoms with Crippen LogP contribution < -0.4 is 9.80 Å². The first kappa shape index (κ1) is 21.0. The van der Waals surface area contributed by atoms with Crippen LogP contribution in [0.5, 0.6) is 0 Å². The van der Waals surface area contributed by atoms with Crippen molar-refractivity contribution in [3.63, 3.8) is 0 Å². The fourth-order valence-electron chi connectivity index (χ4n) is 2.68. The molecule has 0 saturated heterocycles. The molecule has 0 fully saturated rings. The summed E-state index contributed by atoms with van der Waals surface area (Å²) in [7, 11) is 2.89. The van der Waals surface area contributed by atoms with Crippen molar-refractivity contribution in [3.8, 4) is 0 Å². The molecular weight excluding hydrogens is 406 g/mol. The van der Waals surface area contributed by atoms with Crippen LogP contribution in [0.25, 0.3) is 0 Å². The average molecular weight is 421 g/mol. The molecule has 0 aliphatic carbocycles. The number of benzene rings is 2.